The molecule has 1 aliphatic rings. The second kappa shape index (κ2) is 9.99. The smallest absolute Gasteiger partial charge is 0.274 e. The van der Waals surface area contributed by atoms with Gasteiger partial charge in [-0.15, -0.1) is 0 Å². The molecule has 32 heavy (non-hydrogen) atoms. The van der Waals surface area contributed by atoms with E-state index in [0.717, 1.165) is 25.7 Å². The molecule has 1 fully saturated rings. The fourth-order valence-electron chi connectivity index (χ4n) is 3.66. The number of benzene rings is 2. The van der Waals surface area contributed by atoms with Gasteiger partial charge in [-0.1, -0.05) is 25.3 Å². The van der Waals surface area contributed by atoms with Crippen LogP contribution in [-0.2, 0) is 14.8 Å². The van der Waals surface area contributed by atoms with Crippen molar-refractivity contribution in [3.8, 4) is 5.75 Å². The van der Waals surface area contributed by atoms with Gasteiger partial charge in [-0.25, -0.2) is 8.42 Å². The van der Waals surface area contributed by atoms with Crippen molar-refractivity contribution in [2.45, 2.75) is 63.0 Å². The third-order valence-electron chi connectivity index (χ3n) is 5.51. The molecule has 1 aliphatic carbocycles. The average molecular weight is 462 g/mol. The van der Waals surface area contributed by atoms with Crippen LogP contribution in [0, 0.1) is 17.0 Å². The first-order chi connectivity index (χ1) is 15.2. The normalized spacial score (nSPS) is 15.6. The number of sulfonamides is 1. The molecule has 1 amide bonds. The van der Waals surface area contributed by atoms with Gasteiger partial charge in [0, 0.05) is 12.1 Å². The summed E-state index contributed by atoms with van der Waals surface area (Å²) in [5.41, 5.74) is 0.181. The Morgan fingerprint density at radius 3 is 2.41 bits per heavy atom. The molecule has 2 aromatic rings. The van der Waals surface area contributed by atoms with Crippen molar-refractivity contribution in [2.24, 2.45) is 0 Å². The Kier molecular flexibility index (Phi) is 7.34. The van der Waals surface area contributed by atoms with Gasteiger partial charge >= 0.3 is 0 Å². The molecule has 1 atom stereocenters. The minimum Gasteiger partial charge on any atom is -0.481 e. The van der Waals surface area contributed by atoms with Crippen LogP contribution in [0.2, 0.25) is 0 Å². The summed E-state index contributed by atoms with van der Waals surface area (Å²) < 4.78 is 33.5. The summed E-state index contributed by atoms with van der Waals surface area (Å²) in [6, 6.07) is 10.0. The monoisotopic (exact) mass is 461 g/mol. The first-order valence-corrected chi connectivity index (χ1v) is 12.0. The first kappa shape index (κ1) is 23.5. The van der Waals surface area contributed by atoms with E-state index in [0.29, 0.717) is 5.75 Å². The van der Waals surface area contributed by atoms with Crippen LogP contribution in [0.1, 0.15) is 44.6 Å². The van der Waals surface area contributed by atoms with E-state index < -0.39 is 21.1 Å². The van der Waals surface area contributed by atoms with E-state index >= 15 is 0 Å². The quantitative estimate of drug-likeness (QED) is 0.453. The fourth-order valence-corrected chi connectivity index (χ4v) is 4.78. The minimum atomic E-state index is -3.97. The number of hydrogen-bond acceptors (Lipinski definition) is 6. The highest BCUT2D eigenvalue weighted by molar-refractivity contribution is 7.92. The van der Waals surface area contributed by atoms with Gasteiger partial charge in [0.15, 0.2) is 6.10 Å². The number of nitrogens with zero attached hydrogens (tertiary/aromatic N) is 1. The maximum absolute atomic E-state index is 12.7. The van der Waals surface area contributed by atoms with Gasteiger partial charge in [0.05, 0.1) is 21.1 Å². The summed E-state index contributed by atoms with van der Waals surface area (Å²) in [5.74, 6) is 0.165. The number of carbonyl (C=O) groups is 1. The van der Waals surface area contributed by atoms with Crippen molar-refractivity contribution >= 4 is 27.3 Å². The van der Waals surface area contributed by atoms with Gasteiger partial charge in [0.25, 0.3) is 21.6 Å². The molecule has 2 aromatic carbocycles. The molecular formula is C22H27N3O6S. The Morgan fingerprint density at radius 2 is 1.78 bits per heavy atom. The zero-order valence-corrected chi connectivity index (χ0v) is 18.9. The third-order valence-corrected chi connectivity index (χ3v) is 6.90. The Labute approximate surface area is 187 Å². The molecule has 0 heterocycles. The Balaban J connectivity index is 1.65. The lowest BCUT2D eigenvalue weighted by Gasteiger charge is -2.24. The van der Waals surface area contributed by atoms with Crippen molar-refractivity contribution in [3.05, 3.63) is 58.1 Å². The lowest BCUT2D eigenvalue weighted by Crippen LogP contribution is -2.43. The van der Waals surface area contributed by atoms with E-state index in [9.17, 15) is 23.3 Å². The summed E-state index contributed by atoms with van der Waals surface area (Å²) >= 11 is 0. The Bertz CT molecular complexity index is 1080. The lowest BCUT2D eigenvalue weighted by molar-refractivity contribution is -0.385. The Hall–Kier alpha value is -3.14. The van der Waals surface area contributed by atoms with Crippen LogP contribution in [0.4, 0.5) is 11.4 Å². The topological polar surface area (TPSA) is 128 Å². The predicted octanol–water partition coefficient (Wildman–Crippen LogP) is 3.92. The van der Waals surface area contributed by atoms with Crippen LogP contribution < -0.4 is 14.8 Å². The molecule has 0 aromatic heterocycles. The molecule has 9 nitrogen and oxygen atoms in total. The molecule has 2 N–H and O–H groups in total. The molecule has 0 spiro atoms. The SMILES string of the molecule is Cc1c(NS(=O)(=O)c2ccc(O[C@@H](C)C(=O)NC3CCCCC3)cc2)cccc1[N+](=O)[O-]. The van der Waals surface area contributed by atoms with Crippen molar-refractivity contribution in [1.82, 2.24) is 5.32 Å². The minimum absolute atomic E-state index is 0.0323. The summed E-state index contributed by atoms with van der Waals surface area (Å²) in [4.78, 5) is 22.8. The van der Waals surface area contributed by atoms with Crippen LogP contribution in [0.15, 0.2) is 47.4 Å². The van der Waals surface area contributed by atoms with Crippen molar-refractivity contribution in [1.29, 1.82) is 0 Å². The maximum Gasteiger partial charge on any atom is 0.274 e. The van der Waals surface area contributed by atoms with Crippen molar-refractivity contribution < 1.29 is 22.9 Å². The highest BCUT2D eigenvalue weighted by atomic mass is 32.2. The van der Waals surface area contributed by atoms with Gasteiger partial charge in [0.1, 0.15) is 5.75 Å². The highest BCUT2D eigenvalue weighted by Crippen LogP contribution is 2.27. The number of hydrogen-bond donors (Lipinski definition) is 2. The van der Waals surface area contributed by atoms with Crippen LogP contribution in [0.25, 0.3) is 0 Å². The van der Waals surface area contributed by atoms with Gasteiger partial charge in [-0.2, -0.15) is 0 Å². The molecule has 0 radical (unpaired) electrons. The van der Waals surface area contributed by atoms with E-state index in [1.165, 1.54) is 55.8 Å². The van der Waals surface area contributed by atoms with Crippen molar-refractivity contribution in [3.63, 3.8) is 0 Å². The summed E-state index contributed by atoms with van der Waals surface area (Å²) in [6.07, 6.45) is 4.65. The molecule has 0 saturated heterocycles. The number of nitrogens with one attached hydrogen (secondary N) is 2. The Morgan fingerprint density at radius 1 is 1.12 bits per heavy atom. The summed E-state index contributed by atoms with van der Waals surface area (Å²) in [5, 5.41) is 14.1. The predicted molar refractivity (Wildman–Crippen MR) is 120 cm³/mol. The molecule has 0 unspecified atom stereocenters. The highest BCUT2D eigenvalue weighted by Gasteiger charge is 2.22. The van der Waals surface area contributed by atoms with E-state index in [4.69, 9.17) is 4.74 Å². The number of nitro benzene ring substituents is 1. The van der Waals surface area contributed by atoms with Crippen molar-refractivity contribution in [2.75, 3.05) is 4.72 Å². The number of carbonyl (C=O) groups excluding carboxylic acids is 1. The lowest BCUT2D eigenvalue weighted by atomic mass is 9.95. The standard InChI is InChI=1S/C22H27N3O6S/c1-15-20(9-6-10-21(15)25(27)28)24-32(29,30)19-13-11-18(12-14-19)31-16(2)22(26)23-17-7-4-3-5-8-17/h6,9-14,16-17,24H,3-5,7-8H2,1-2H3,(H,23,26)/t16-/m0/s1. The second-order valence-corrected chi connectivity index (χ2v) is 9.57. The van der Waals surface area contributed by atoms with Crippen LogP contribution in [0.5, 0.6) is 5.75 Å². The van der Waals surface area contributed by atoms with Gasteiger partial charge in [-0.3, -0.25) is 19.6 Å². The van der Waals surface area contributed by atoms with E-state index in [1.54, 1.807) is 6.92 Å². The summed E-state index contributed by atoms with van der Waals surface area (Å²) in [7, 11) is -3.97. The zero-order chi connectivity index (χ0) is 23.3. The average Bonchev–Trinajstić information content (AvgIpc) is 2.76. The largest absolute Gasteiger partial charge is 0.481 e. The molecule has 0 aliphatic heterocycles. The number of anilines is 1. The molecule has 0 bridgehead atoms. The fraction of sp³-hybridized carbons (Fsp3) is 0.409. The van der Waals surface area contributed by atoms with Crippen LogP contribution in [0.3, 0.4) is 0 Å². The molecule has 10 heteroatoms. The number of amides is 1. The summed E-state index contributed by atoms with van der Waals surface area (Å²) in [6.45, 7) is 3.13. The molecular weight excluding hydrogens is 434 g/mol. The van der Waals surface area contributed by atoms with Crippen LogP contribution in [-0.4, -0.2) is 31.4 Å². The molecule has 3 rings (SSSR count). The second-order valence-electron chi connectivity index (χ2n) is 7.89. The number of rotatable bonds is 8. The maximum atomic E-state index is 12.7. The molecule has 1 saturated carbocycles. The van der Waals surface area contributed by atoms with E-state index in [-0.39, 0.29) is 33.8 Å². The number of nitro groups is 1. The molecule has 172 valence electrons. The van der Waals surface area contributed by atoms with Gasteiger partial charge in [0.2, 0.25) is 0 Å². The zero-order valence-electron chi connectivity index (χ0n) is 18.0. The van der Waals surface area contributed by atoms with Gasteiger partial charge < -0.3 is 10.1 Å². The van der Waals surface area contributed by atoms with E-state index in [2.05, 4.69) is 10.0 Å². The van der Waals surface area contributed by atoms with E-state index in [1.807, 2.05) is 0 Å². The van der Waals surface area contributed by atoms with Crippen LogP contribution >= 0.6 is 0 Å². The van der Waals surface area contributed by atoms with Gasteiger partial charge in [-0.05, 0) is 57.0 Å². The number of ether oxygens (including phenoxy) is 1. The third kappa shape index (κ3) is 5.76. The first-order valence-electron chi connectivity index (χ1n) is 10.5.